The zero-order valence-electron chi connectivity index (χ0n) is 10.8. The summed E-state index contributed by atoms with van der Waals surface area (Å²) in [4.78, 5) is 0. The summed E-state index contributed by atoms with van der Waals surface area (Å²) in [6, 6.07) is 1.72. The van der Waals surface area contributed by atoms with Crippen LogP contribution in [0.25, 0.3) is 11.1 Å². The van der Waals surface area contributed by atoms with Crippen LogP contribution in [0.3, 0.4) is 0 Å². The SMILES string of the molecule is Fc1c(F)c(F)c(-c2cc(CCl)cc(C(F)(F)F)c2)c(F)c1F. The molecule has 0 aliphatic heterocycles. The van der Waals surface area contributed by atoms with Gasteiger partial charge in [0.1, 0.15) is 0 Å². The van der Waals surface area contributed by atoms with Crippen molar-refractivity contribution in [1.29, 1.82) is 0 Å². The summed E-state index contributed by atoms with van der Waals surface area (Å²) < 4.78 is 105. The van der Waals surface area contributed by atoms with Crippen LogP contribution in [0.15, 0.2) is 18.2 Å². The van der Waals surface area contributed by atoms with Gasteiger partial charge in [-0.05, 0) is 29.3 Å². The molecule has 124 valence electrons. The van der Waals surface area contributed by atoms with Crippen LogP contribution < -0.4 is 0 Å². The van der Waals surface area contributed by atoms with E-state index < -0.39 is 57.8 Å². The van der Waals surface area contributed by atoms with E-state index in [1.54, 1.807) is 0 Å². The molecule has 0 heterocycles. The number of rotatable bonds is 2. The van der Waals surface area contributed by atoms with Crippen molar-refractivity contribution in [2.75, 3.05) is 0 Å². The lowest BCUT2D eigenvalue weighted by Crippen LogP contribution is -2.08. The predicted molar refractivity (Wildman–Crippen MR) is 66.2 cm³/mol. The predicted octanol–water partition coefficient (Wildman–Crippen LogP) is 5.81. The van der Waals surface area contributed by atoms with Crippen LogP contribution in [0.1, 0.15) is 11.1 Å². The second-order valence-corrected chi connectivity index (χ2v) is 4.76. The molecule has 0 unspecified atom stereocenters. The van der Waals surface area contributed by atoms with Crippen molar-refractivity contribution in [3.8, 4) is 11.1 Å². The summed E-state index contributed by atoms with van der Waals surface area (Å²) in [5.74, 6) is -11.8. The first-order chi connectivity index (χ1) is 10.6. The van der Waals surface area contributed by atoms with Crippen LogP contribution >= 0.6 is 11.6 Å². The number of benzene rings is 2. The Labute approximate surface area is 129 Å². The van der Waals surface area contributed by atoms with Gasteiger partial charge in [-0.3, -0.25) is 0 Å². The lowest BCUT2D eigenvalue weighted by atomic mass is 9.98. The Morgan fingerprint density at radius 1 is 0.739 bits per heavy atom. The average molecular weight is 361 g/mol. The summed E-state index contributed by atoms with van der Waals surface area (Å²) in [6.07, 6.45) is -4.89. The zero-order chi connectivity index (χ0) is 17.5. The van der Waals surface area contributed by atoms with Crippen LogP contribution in [0, 0.1) is 29.1 Å². The average Bonchev–Trinajstić information content (AvgIpc) is 2.50. The molecule has 9 heteroatoms. The molecule has 23 heavy (non-hydrogen) atoms. The van der Waals surface area contributed by atoms with Crippen molar-refractivity contribution >= 4 is 11.6 Å². The van der Waals surface area contributed by atoms with Crippen molar-refractivity contribution in [1.82, 2.24) is 0 Å². The van der Waals surface area contributed by atoms with E-state index in [0.29, 0.717) is 6.07 Å². The van der Waals surface area contributed by atoms with Crippen molar-refractivity contribution < 1.29 is 35.1 Å². The minimum Gasteiger partial charge on any atom is -0.203 e. The Kier molecular flexibility index (Phi) is 4.57. The van der Waals surface area contributed by atoms with E-state index in [1.165, 1.54) is 0 Å². The van der Waals surface area contributed by atoms with Gasteiger partial charge in [0, 0.05) is 5.88 Å². The number of hydrogen-bond donors (Lipinski definition) is 0. The fourth-order valence-corrected chi connectivity index (χ4v) is 2.09. The molecular weight excluding hydrogens is 356 g/mol. The Hall–Kier alpha value is -1.83. The Morgan fingerprint density at radius 2 is 1.22 bits per heavy atom. The molecule has 0 spiro atoms. The van der Waals surface area contributed by atoms with Gasteiger partial charge in [-0.2, -0.15) is 13.2 Å². The van der Waals surface area contributed by atoms with Crippen molar-refractivity contribution in [3.05, 3.63) is 58.4 Å². The summed E-state index contributed by atoms with van der Waals surface area (Å²) in [6.45, 7) is 0. The van der Waals surface area contributed by atoms with Crippen molar-refractivity contribution in [2.24, 2.45) is 0 Å². The largest absolute Gasteiger partial charge is 0.416 e. The molecule has 0 amide bonds. The van der Waals surface area contributed by atoms with Gasteiger partial charge in [-0.15, -0.1) is 11.6 Å². The molecule has 0 nitrogen and oxygen atoms in total. The molecular formula is C14H5ClF8. The topological polar surface area (TPSA) is 0 Å². The fourth-order valence-electron chi connectivity index (χ4n) is 1.94. The van der Waals surface area contributed by atoms with Crippen LogP contribution in [0.2, 0.25) is 0 Å². The third-order valence-electron chi connectivity index (χ3n) is 2.97. The first-order valence-corrected chi connectivity index (χ1v) is 6.40. The lowest BCUT2D eigenvalue weighted by Gasteiger charge is -2.13. The Bertz CT molecular complexity index is 737. The van der Waals surface area contributed by atoms with Gasteiger partial charge in [0.15, 0.2) is 23.3 Å². The number of alkyl halides is 4. The monoisotopic (exact) mass is 360 g/mol. The summed E-state index contributed by atoms with van der Waals surface area (Å²) in [5, 5.41) is 0. The summed E-state index contributed by atoms with van der Waals surface area (Å²) >= 11 is 5.41. The minimum absolute atomic E-state index is 0.194. The molecule has 0 aromatic heterocycles. The fraction of sp³-hybridized carbons (Fsp3) is 0.143. The van der Waals surface area contributed by atoms with Gasteiger partial charge in [0.2, 0.25) is 5.82 Å². The molecule has 0 bridgehead atoms. The van der Waals surface area contributed by atoms with Crippen LogP contribution in [0.5, 0.6) is 0 Å². The van der Waals surface area contributed by atoms with Crippen LogP contribution in [-0.4, -0.2) is 0 Å². The molecule has 0 atom stereocenters. The third-order valence-corrected chi connectivity index (χ3v) is 3.28. The van der Waals surface area contributed by atoms with Crippen LogP contribution in [0.4, 0.5) is 35.1 Å². The quantitative estimate of drug-likeness (QED) is 0.274. The molecule has 0 saturated heterocycles. The van der Waals surface area contributed by atoms with E-state index in [-0.39, 0.29) is 11.6 Å². The van der Waals surface area contributed by atoms with E-state index in [4.69, 9.17) is 11.6 Å². The Balaban J connectivity index is 2.82. The van der Waals surface area contributed by atoms with Crippen molar-refractivity contribution in [3.63, 3.8) is 0 Å². The first-order valence-electron chi connectivity index (χ1n) is 5.86. The maximum absolute atomic E-state index is 13.7. The minimum atomic E-state index is -4.89. The first kappa shape index (κ1) is 17.5. The highest BCUT2D eigenvalue weighted by molar-refractivity contribution is 6.17. The van der Waals surface area contributed by atoms with E-state index in [2.05, 4.69) is 0 Å². The van der Waals surface area contributed by atoms with Gasteiger partial charge in [0.25, 0.3) is 0 Å². The standard InChI is InChI=1S/C14H5ClF8/c15-4-5-1-6(3-7(2-5)14(21,22)23)8-9(16)11(18)13(20)12(19)10(8)17/h1-3H,4H2. The van der Waals surface area contributed by atoms with Gasteiger partial charge in [-0.1, -0.05) is 0 Å². The molecule has 0 saturated carbocycles. The molecule has 2 aromatic carbocycles. The highest BCUT2D eigenvalue weighted by atomic mass is 35.5. The molecule has 0 aliphatic carbocycles. The molecule has 2 rings (SSSR count). The normalized spacial score (nSPS) is 11.9. The smallest absolute Gasteiger partial charge is 0.203 e. The molecule has 0 N–H and O–H groups in total. The number of hydrogen-bond acceptors (Lipinski definition) is 0. The second-order valence-electron chi connectivity index (χ2n) is 4.49. The van der Waals surface area contributed by atoms with E-state index >= 15 is 0 Å². The van der Waals surface area contributed by atoms with E-state index in [1.807, 2.05) is 0 Å². The maximum Gasteiger partial charge on any atom is 0.416 e. The van der Waals surface area contributed by atoms with Crippen LogP contribution in [-0.2, 0) is 12.1 Å². The molecule has 0 radical (unpaired) electrons. The van der Waals surface area contributed by atoms with Gasteiger partial charge in [-0.25, -0.2) is 22.0 Å². The van der Waals surface area contributed by atoms with Crippen molar-refractivity contribution in [2.45, 2.75) is 12.1 Å². The molecule has 0 fully saturated rings. The maximum atomic E-state index is 13.7. The van der Waals surface area contributed by atoms with Gasteiger partial charge >= 0.3 is 6.18 Å². The number of halogens is 9. The highest BCUT2D eigenvalue weighted by Crippen LogP contribution is 2.37. The Morgan fingerprint density at radius 3 is 1.65 bits per heavy atom. The molecule has 2 aromatic rings. The highest BCUT2D eigenvalue weighted by Gasteiger charge is 2.33. The second kappa shape index (κ2) is 5.99. The molecule has 0 aliphatic rings. The summed E-state index contributed by atoms with van der Waals surface area (Å²) in [7, 11) is 0. The van der Waals surface area contributed by atoms with Gasteiger partial charge < -0.3 is 0 Å². The third kappa shape index (κ3) is 3.12. The summed E-state index contributed by atoms with van der Waals surface area (Å²) in [5.41, 5.74) is -3.78. The van der Waals surface area contributed by atoms with E-state index in [9.17, 15) is 35.1 Å². The van der Waals surface area contributed by atoms with E-state index in [0.717, 1.165) is 6.07 Å². The zero-order valence-corrected chi connectivity index (χ0v) is 11.6. The lowest BCUT2D eigenvalue weighted by molar-refractivity contribution is -0.137. The van der Waals surface area contributed by atoms with Gasteiger partial charge in [0.05, 0.1) is 11.1 Å².